The molecular weight excluding hydrogens is 498 g/mol. The first kappa shape index (κ1) is 25.0. The van der Waals surface area contributed by atoms with Gasteiger partial charge in [0.25, 0.3) is 11.8 Å². The van der Waals surface area contributed by atoms with E-state index in [1.54, 1.807) is 11.3 Å². The van der Waals surface area contributed by atoms with Gasteiger partial charge in [-0.3, -0.25) is 9.59 Å². The molecule has 0 aliphatic carbocycles. The first-order valence-electron chi connectivity index (χ1n) is 13.2. The van der Waals surface area contributed by atoms with Gasteiger partial charge in [-0.25, -0.2) is 4.98 Å². The number of nitrogens with one attached hydrogen (secondary N) is 1. The van der Waals surface area contributed by atoms with Gasteiger partial charge in [0.05, 0.1) is 29.5 Å². The van der Waals surface area contributed by atoms with Crippen molar-refractivity contribution < 1.29 is 14.3 Å². The maximum absolute atomic E-state index is 13.1. The van der Waals surface area contributed by atoms with Crippen LogP contribution in [0.3, 0.4) is 0 Å². The maximum Gasteiger partial charge on any atom is 0.262 e. The minimum absolute atomic E-state index is 0.00528. The molecule has 0 spiro atoms. The van der Waals surface area contributed by atoms with Crippen molar-refractivity contribution in [3.8, 4) is 22.5 Å². The van der Waals surface area contributed by atoms with Crippen molar-refractivity contribution in [3.63, 3.8) is 0 Å². The number of hydrogen-bond donors (Lipinski definition) is 2. The lowest BCUT2D eigenvalue weighted by atomic mass is 9.88. The Morgan fingerprint density at radius 1 is 1.13 bits per heavy atom. The lowest BCUT2D eigenvalue weighted by molar-refractivity contribution is 0.0790. The summed E-state index contributed by atoms with van der Waals surface area (Å²) in [5, 5.41) is 4.22. The van der Waals surface area contributed by atoms with Gasteiger partial charge in [0.2, 0.25) is 0 Å². The second-order valence-electron chi connectivity index (χ2n) is 11.0. The van der Waals surface area contributed by atoms with E-state index in [2.05, 4.69) is 24.1 Å². The van der Waals surface area contributed by atoms with E-state index in [0.717, 1.165) is 63.9 Å². The van der Waals surface area contributed by atoms with E-state index in [1.807, 2.05) is 47.4 Å². The van der Waals surface area contributed by atoms with Crippen LogP contribution in [0.2, 0.25) is 0 Å². The molecule has 0 saturated carbocycles. The molecule has 198 valence electrons. The average molecular weight is 532 g/mol. The first-order valence-corrected chi connectivity index (χ1v) is 14.0. The standard InChI is InChI=1S/C29H33N5O3S/c1-29(2)16-21-24(28(33-11-13-37-14-12-33)38-25(21)26(35)32-29)23-8-4-7-22(31-23)18-5-3-6-19(15-18)27(36)34-10-9-20(30)17-34/h3-8,15,20H,9-14,16-17,30H2,1-2H3,(H,32,35)/t20-/m0/s1. The number of thiophene rings is 1. The molecule has 2 saturated heterocycles. The number of hydrogen-bond acceptors (Lipinski definition) is 7. The summed E-state index contributed by atoms with van der Waals surface area (Å²) in [6.45, 7) is 8.28. The molecule has 2 amide bonds. The molecule has 5 heterocycles. The summed E-state index contributed by atoms with van der Waals surface area (Å²) < 4.78 is 5.60. The topological polar surface area (TPSA) is 101 Å². The molecule has 3 aliphatic rings. The van der Waals surface area contributed by atoms with Gasteiger partial charge in [-0.2, -0.15) is 0 Å². The zero-order valence-corrected chi connectivity index (χ0v) is 22.6. The molecule has 6 rings (SSSR count). The molecular formula is C29H33N5O3S. The lowest BCUT2D eigenvalue weighted by Crippen LogP contribution is -2.48. The van der Waals surface area contributed by atoms with Gasteiger partial charge < -0.3 is 25.6 Å². The van der Waals surface area contributed by atoms with Crippen LogP contribution in [0.1, 0.15) is 45.9 Å². The molecule has 9 heteroatoms. The number of carbonyl (C=O) groups excluding carboxylic acids is 2. The Balaban J connectivity index is 1.41. The Hall–Kier alpha value is -3.27. The average Bonchev–Trinajstić information content (AvgIpc) is 3.52. The molecule has 1 atom stereocenters. The van der Waals surface area contributed by atoms with Gasteiger partial charge in [0, 0.05) is 54.5 Å². The fourth-order valence-corrected chi connectivity index (χ4v) is 6.88. The summed E-state index contributed by atoms with van der Waals surface area (Å²) >= 11 is 1.55. The van der Waals surface area contributed by atoms with Crippen molar-refractivity contribution >= 4 is 28.2 Å². The fourth-order valence-electron chi connectivity index (χ4n) is 5.61. The quantitative estimate of drug-likeness (QED) is 0.534. The van der Waals surface area contributed by atoms with Crippen LogP contribution < -0.4 is 16.0 Å². The third-order valence-electron chi connectivity index (χ3n) is 7.49. The Labute approximate surface area is 226 Å². The molecule has 8 nitrogen and oxygen atoms in total. The van der Waals surface area contributed by atoms with Gasteiger partial charge >= 0.3 is 0 Å². The zero-order chi connectivity index (χ0) is 26.4. The van der Waals surface area contributed by atoms with Crippen molar-refractivity contribution in [2.24, 2.45) is 5.73 Å². The summed E-state index contributed by atoms with van der Waals surface area (Å²) in [6, 6.07) is 13.7. The lowest BCUT2D eigenvalue weighted by Gasteiger charge is -2.31. The van der Waals surface area contributed by atoms with Crippen LogP contribution in [0.5, 0.6) is 0 Å². The maximum atomic E-state index is 13.1. The number of pyridine rings is 1. The molecule has 38 heavy (non-hydrogen) atoms. The molecule has 0 radical (unpaired) electrons. The van der Waals surface area contributed by atoms with Crippen molar-refractivity contribution in [1.29, 1.82) is 0 Å². The number of carbonyl (C=O) groups is 2. The van der Waals surface area contributed by atoms with Gasteiger partial charge in [-0.05, 0) is 56.5 Å². The van der Waals surface area contributed by atoms with E-state index in [9.17, 15) is 9.59 Å². The van der Waals surface area contributed by atoms with Crippen molar-refractivity contribution in [3.05, 3.63) is 58.5 Å². The van der Waals surface area contributed by atoms with Crippen LogP contribution in [0, 0.1) is 0 Å². The number of benzene rings is 1. The van der Waals surface area contributed by atoms with E-state index in [4.69, 9.17) is 15.5 Å². The smallest absolute Gasteiger partial charge is 0.262 e. The SMILES string of the molecule is CC1(C)Cc2c(sc(N3CCOCC3)c2-c2cccc(-c3cccc(C(=O)N4CC[C@H](N)C4)c3)n2)C(=O)N1. The predicted molar refractivity (Wildman–Crippen MR) is 150 cm³/mol. The zero-order valence-electron chi connectivity index (χ0n) is 21.8. The Kier molecular flexibility index (Phi) is 6.45. The number of ether oxygens (including phenoxy) is 1. The highest BCUT2D eigenvalue weighted by Crippen LogP contribution is 2.46. The minimum Gasteiger partial charge on any atom is -0.378 e. The Bertz CT molecular complexity index is 1390. The van der Waals surface area contributed by atoms with Crippen LogP contribution in [0.15, 0.2) is 42.5 Å². The van der Waals surface area contributed by atoms with E-state index in [1.165, 1.54) is 0 Å². The largest absolute Gasteiger partial charge is 0.378 e. The van der Waals surface area contributed by atoms with Gasteiger partial charge in [-0.1, -0.05) is 18.2 Å². The Morgan fingerprint density at radius 3 is 2.66 bits per heavy atom. The van der Waals surface area contributed by atoms with Crippen molar-refractivity contribution in [2.45, 2.75) is 38.3 Å². The van der Waals surface area contributed by atoms with E-state index < -0.39 is 0 Å². The molecule has 3 N–H and O–H groups in total. The number of aromatic nitrogens is 1. The molecule has 1 aromatic carbocycles. The van der Waals surface area contributed by atoms with Crippen LogP contribution in [0.25, 0.3) is 22.5 Å². The van der Waals surface area contributed by atoms with Crippen LogP contribution >= 0.6 is 11.3 Å². The second kappa shape index (κ2) is 9.80. The normalized spacial score (nSPS) is 20.8. The number of rotatable bonds is 4. The molecule has 0 bridgehead atoms. The molecule has 2 aromatic heterocycles. The molecule has 2 fully saturated rings. The second-order valence-corrected chi connectivity index (χ2v) is 12.0. The number of nitrogens with two attached hydrogens (primary N) is 1. The van der Waals surface area contributed by atoms with Crippen LogP contribution in [-0.4, -0.2) is 72.7 Å². The molecule has 3 aromatic rings. The van der Waals surface area contributed by atoms with E-state index in [0.29, 0.717) is 31.9 Å². The van der Waals surface area contributed by atoms with Crippen molar-refractivity contribution in [2.75, 3.05) is 44.3 Å². The van der Waals surface area contributed by atoms with E-state index >= 15 is 0 Å². The number of nitrogens with zero attached hydrogens (tertiary/aromatic N) is 3. The minimum atomic E-state index is -0.341. The van der Waals surface area contributed by atoms with Crippen molar-refractivity contribution in [1.82, 2.24) is 15.2 Å². The fraction of sp³-hybridized carbons (Fsp3) is 0.414. The third kappa shape index (κ3) is 4.70. The highest BCUT2D eigenvalue weighted by molar-refractivity contribution is 7.19. The number of fused-ring (bicyclic) bond motifs is 1. The number of likely N-dealkylation sites (tertiary alicyclic amines) is 1. The van der Waals surface area contributed by atoms with E-state index in [-0.39, 0.29) is 23.4 Å². The highest BCUT2D eigenvalue weighted by atomic mass is 32.1. The predicted octanol–water partition coefficient (Wildman–Crippen LogP) is 3.55. The monoisotopic (exact) mass is 531 g/mol. The highest BCUT2D eigenvalue weighted by Gasteiger charge is 2.37. The molecule has 3 aliphatic heterocycles. The summed E-state index contributed by atoms with van der Waals surface area (Å²) in [7, 11) is 0. The Morgan fingerprint density at radius 2 is 1.89 bits per heavy atom. The summed E-state index contributed by atoms with van der Waals surface area (Å²) in [4.78, 5) is 36.2. The number of morpholine rings is 1. The molecule has 0 unspecified atom stereocenters. The summed E-state index contributed by atoms with van der Waals surface area (Å²) in [6.07, 6.45) is 1.57. The number of anilines is 1. The summed E-state index contributed by atoms with van der Waals surface area (Å²) in [5.41, 5.74) is 10.9. The van der Waals surface area contributed by atoms with Crippen LogP contribution in [0.4, 0.5) is 5.00 Å². The number of amides is 2. The van der Waals surface area contributed by atoms with Crippen LogP contribution in [-0.2, 0) is 11.2 Å². The summed E-state index contributed by atoms with van der Waals surface area (Å²) in [5.74, 6) is -0.0169. The van der Waals surface area contributed by atoms with Gasteiger partial charge in [-0.15, -0.1) is 11.3 Å². The first-order chi connectivity index (χ1) is 18.3. The van der Waals surface area contributed by atoms with Gasteiger partial charge in [0.15, 0.2) is 0 Å². The third-order valence-corrected chi connectivity index (χ3v) is 8.78. The van der Waals surface area contributed by atoms with Gasteiger partial charge in [0.1, 0.15) is 5.00 Å².